The first-order valence-electron chi connectivity index (χ1n) is 7.61. The molecule has 1 aromatic carbocycles. The van der Waals surface area contributed by atoms with Gasteiger partial charge < -0.3 is 5.32 Å². The van der Waals surface area contributed by atoms with E-state index in [-0.39, 0.29) is 21.5 Å². The number of anilines is 1. The van der Waals surface area contributed by atoms with Crippen molar-refractivity contribution >= 4 is 43.2 Å². The first kappa shape index (κ1) is 21.4. The van der Waals surface area contributed by atoms with Crippen LogP contribution < -0.4 is 5.32 Å². The number of hydrogen-bond acceptors (Lipinski definition) is 7. The quantitative estimate of drug-likeness (QED) is 0.663. The number of nitrogens with one attached hydrogen (secondary N) is 1. The molecule has 0 saturated heterocycles. The van der Waals surface area contributed by atoms with Crippen LogP contribution in [0.2, 0.25) is 0 Å². The van der Waals surface area contributed by atoms with E-state index in [0.29, 0.717) is 10.7 Å². The van der Waals surface area contributed by atoms with Crippen LogP contribution in [0.5, 0.6) is 0 Å². The Balaban J connectivity index is 1.94. The van der Waals surface area contributed by atoms with Crippen molar-refractivity contribution in [3.63, 3.8) is 0 Å². The molecule has 1 amide bonds. The summed E-state index contributed by atoms with van der Waals surface area (Å²) in [6, 6.07) is 8.84. The zero-order chi connectivity index (χ0) is 20.2. The molecule has 11 heteroatoms. The van der Waals surface area contributed by atoms with Gasteiger partial charge in [0.25, 0.3) is 0 Å². The van der Waals surface area contributed by atoms with Gasteiger partial charge in [0.15, 0.2) is 9.84 Å². The van der Waals surface area contributed by atoms with E-state index >= 15 is 0 Å². The number of sulfone groups is 1. The molecule has 0 unspecified atom stereocenters. The summed E-state index contributed by atoms with van der Waals surface area (Å²) < 4.78 is 47.9. The third kappa shape index (κ3) is 5.76. The van der Waals surface area contributed by atoms with Gasteiger partial charge in [-0.15, -0.1) is 0 Å². The van der Waals surface area contributed by atoms with Gasteiger partial charge >= 0.3 is 0 Å². The number of hydrogen-bond donors (Lipinski definition) is 1. The molecule has 0 aliphatic heterocycles. The van der Waals surface area contributed by atoms with Gasteiger partial charge in [-0.1, -0.05) is 11.8 Å². The van der Waals surface area contributed by atoms with Crippen molar-refractivity contribution in [1.82, 2.24) is 9.29 Å². The molecule has 0 radical (unpaired) electrons. The molecule has 0 aliphatic rings. The molecule has 2 aromatic rings. The highest BCUT2D eigenvalue weighted by Gasteiger charge is 2.17. The number of amides is 1. The fourth-order valence-electron chi connectivity index (χ4n) is 1.94. The molecule has 1 heterocycles. The lowest BCUT2D eigenvalue weighted by Crippen LogP contribution is -2.22. The molecule has 1 aromatic heterocycles. The van der Waals surface area contributed by atoms with Crippen LogP contribution in [-0.2, 0) is 24.7 Å². The third-order valence-electron chi connectivity index (χ3n) is 3.41. The van der Waals surface area contributed by atoms with Gasteiger partial charge in [-0.3, -0.25) is 4.79 Å². The van der Waals surface area contributed by atoms with Gasteiger partial charge in [-0.2, -0.15) is 0 Å². The molecule has 8 nitrogen and oxygen atoms in total. The van der Waals surface area contributed by atoms with E-state index in [1.54, 1.807) is 0 Å². The van der Waals surface area contributed by atoms with Crippen molar-refractivity contribution in [1.29, 1.82) is 0 Å². The van der Waals surface area contributed by atoms with Crippen LogP contribution >= 0.6 is 11.8 Å². The normalized spacial score (nSPS) is 12.1. The van der Waals surface area contributed by atoms with E-state index in [0.717, 1.165) is 22.3 Å². The van der Waals surface area contributed by atoms with Crippen molar-refractivity contribution < 1.29 is 21.6 Å². The molecule has 0 saturated carbocycles. The Bertz CT molecular complexity index is 1020. The number of rotatable bonds is 7. The van der Waals surface area contributed by atoms with Gasteiger partial charge in [0.05, 0.1) is 15.7 Å². The number of pyridine rings is 1. The van der Waals surface area contributed by atoms with Crippen molar-refractivity contribution in [2.75, 3.05) is 31.4 Å². The Labute approximate surface area is 163 Å². The van der Waals surface area contributed by atoms with Crippen LogP contribution in [0.1, 0.15) is 0 Å². The minimum Gasteiger partial charge on any atom is -0.325 e. The van der Waals surface area contributed by atoms with Crippen LogP contribution in [0, 0.1) is 0 Å². The smallest absolute Gasteiger partial charge is 0.244 e. The van der Waals surface area contributed by atoms with Crippen molar-refractivity contribution in [2.24, 2.45) is 0 Å². The summed E-state index contributed by atoms with van der Waals surface area (Å²) in [5, 5.41) is 3.17. The number of carbonyl (C=O) groups is 1. The van der Waals surface area contributed by atoms with Crippen molar-refractivity contribution in [3.8, 4) is 0 Å². The Morgan fingerprint density at radius 2 is 1.63 bits per heavy atom. The molecule has 146 valence electrons. The maximum Gasteiger partial charge on any atom is 0.244 e. The van der Waals surface area contributed by atoms with Crippen molar-refractivity contribution in [2.45, 2.75) is 14.8 Å². The highest BCUT2D eigenvalue weighted by Crippen LogP contribution is 2.19. The first-order valence-corrected chi connectivity index (χ1v) is 11.9. The summed E-state index contributed by atoms with van der Waals surface area (Å²) in [6.45, 7) is 0. The lowest BCUT2D eigenvalue weighted by atomic mass is 10.3. The second kappa shape index (κ2) is 8.38. The Kier molecular flexibility index (Phi) is 6.63. The molecule has 27 heavy (non-hydrogen) atoms. The van der Waals surface area contributed by atoms with Gasteiger partial charge in [0.2, 0.25) is 15.9 Å². The zero-order valence-electron chi connectivity index (χ0n) is 14.9. The molecule has 0 fully saturated rings. The van der Waals surface area contributed by atoms with E-state index < -0.39 is 19.9 Å². The monoisotopic (exact) mass is 429 g/mol. The topological polar surface area (TPSA) is 114 Å². The van der Waals surface area contributed by atoms with Crippen LogP contribution in [0.4, 0.5) is 5.69 Å². The number of benzene rings is 1. The highest BCUT2D eigenvalue weighted by molar-refractivity contribution is 7.99. The Morgan fingerprint density at radius 3 is 2.11 bits per heavy atom. The standard InChI is InChI=1S/C16H19N3O5S3/c1-19(2)27(23,24)14-8-9-16(17-10-14)25-11-15(20)18-12-4-6-13(7-5-12)26(3,21)22/h4-10H,11H2,1-3H3,(H,18,20). The Morgan fingerprint density at radius 1 is 1.04 bits per heavy atom. The number of aromatic nitrogens is 1. The van der Waals surface area contributed by atoms with E-state index in [9.17, 15) is 21.6 Å². The van der Waals surface area contributed by atoms with Gasteiger partial charge in [-0.25, -0.2) is 26.1 Å². The molecule has 0 spiro atoms. The van der Waals surface area contributed by atoms with Gasteiger partial charge in [-0.05, 0) is 36.4 Å². The summed E-state index contributed by atoms with van der Waals surface area (Å²) in [5.74, 6) is -0.223. The number of carbonyl (C=O) groups excluding carboxylic acids is 1. The molecule has 0 aliphatic carbocycles. The summed E-state index contributed by atoms with van der Waals surface area (Å²) in [4.78, 5) is 16.3. The molecular formula is C16H19N3O5S3. The largest absolute Gasteiger partial charge is 0.325 e. The fraction of sp³-hybridized carbons (Fsp3) is 0.250. The maximum atomic E-state index is 12.0. The zero-order valence-corrected chi connectivity index (χ0v) is 17.4. The van der Waals surface area contributed by atoms with E-state index in [1.165, 1.54) is 56.7 Å². The summed E-state index contributed by atoms with van der Waals surface area (Å²) >= 11 is 1.16. The predicted octanol–water partition coefficient (Wildman–Crippen LogP) is 1.47. The second-order valence-electron chi connectivity index (χ2n) is 5.75. The fourth-order valence-corrected chi connectivity index (χ4v) is 4.06. The molecule has 0 bridgehead atoms. The van der Waals surface area contributed by atoms with Crippen LogP contribution in [0.3, 0.4) is 0 Å². The number of sulfonamides is 1. The second-order valence-corrected chi connectivity index (χ2v) is 10.9. The van der Waals surface area contributed by atoms with E-state index in [2.05, 4.69) is 10.3 Å². The summed E-state index contributed by atoms with van der Waals surface area (Å²) in [6.07, 6.45) is 2.36. The Hall–Kier alpha value is -1.95. The molecule has 0 atom stereocenters. The summed E-state index contributed by atoms with van der Waals surface area (Å²) in [5.41, 5.74) is 0.480. The average Bonchev–Trinajstić information content (AvgIpc) is 2.60. The molecule has 2 rings (SSSR count). The lowest BCUT2D eigenvalue weighted by Gasteiger charge is -2.11. The average molecular weight is 430 g/mol. The number of thioether (sulfide) groups is 1. The minimum atomic E-state index is -3.54. The van der Waals surface area contributed by atoms with Gasteiger partial charge in [0, 0.05) is 32.2 Å². The van der Waals surface area contributed by atoms with Crippen LogP contribution in [-0.4, -0.2) is 58.1 Å². The third-order valence-corrected chi connectivity index (χ3v) is 7.28. The molecule has 1 N–H and O–H groups in total. The SMILES string of the molecule is CN(C)S(=O)(=O)c1ccc(SCC(=O)Nc2ccc(S(C)(=O)=O)cc2)nc1. The first-order chi connectivity index (χ1) is 12.5. The molecular weight excluding hydrogens is 410 g/mol. The highest BCUT2D eigenvalue weighted by atomic mass is 32.2. The van der Waals surface area contributed by atoms with Crippen molar-refractivity contribution in [3.05, 3.63) is 42.6 Å². The van der Waals surface area contributed by atoms with E-state index in [4.69, 9.17) is 0 Å². The lowest BCUT2D eigenvalue weighted by molar-refractivity contribution is -0.113. The van der Waals surface area contributed by atoms with Crippen LogP contribution in [0.15, 0.2) is 57.4 Å². The van der Waals surface area contributed by atoms with Crippen LogP contribution in [0.25, 0.3) is 0 Å². The summed E-state index contributed by atoms with van der Waals surface area (Å²) in [7, 11) is -3.95. The van der Waals surface area contributed by atoms with E-state index in [1.807, 2.05) is 0 Å². The minimum absolute atomic E-state index is 0.0700. The van der Waals surface area contributed by atoms with Gasteiger partial charge in [0.1, 0.15) is 4.90 Å². The maximum absolute atomic E-state index is 12.0. The predicted molar refractivity (Wildman–Crippen MR) is 104 cm³/mol. The number of nitrogens with zero attached hydrogens (tertiary/aromatic N) is 2.